The molecule has 0 aliphatic carbocycles. The molecule has 0 aromatic carbocycles. The Bertz CT molecular complexity index is 1060. The maximum Gasteiger partial charge on any atom is 0.220 e. The molecule has 1 rings (SSSR count). The predicted molar refractivity (Wildman–Crippen MR) is 281 cm³/mol. The summed E-state index contributed by atoms with van der Waals surface area (Å²) in [6.07, 6.45) is 52.4. The van der Waals surface area contributed by atoms with Gasteiger partial charge in [-0.2, -0.15) is 0 Å². The van der Waals surface area contributed by atoms with E-state index >= 15 is 0 Å². The summed E-state index contributed by atoms with van der Waals surface area (Å²) in [4.78, 5) is 13.1. The van der Waals surface area contributed by atoms with Crippen LogP contribution in [0.25, 0.3) is 0 Å². The number of rotatable bonds is 51. The van der Waals surface area contributed by atoms with Crippen LogP contribution in [-0.4, -0.2) is 87.5 Å². The number of aliphatic hydroxyl groups is 5. The zero-order valence-electron chi connectivity index (χ0n) is 44.2. The van der Waals surface area contributed by atoms with E-state index in [1.165, 1.54) is 231 Å². The van der Waals surface area contributed by atoms with Gasteiger partial charge >= 0.3 is 0 Å². The zero-order chi connectivity index (χ0) is 48.7. The maximum atomic E-state index is 13.1. The van der Waals surface area contributed by atoms with Gasteiger partial charge in [0.05, 0.1) is 25.4 Å². The monoisotopic (exact) mass is 952 g/mol. The summed E-state index contributed by atoms with van der Waals surface area (Å²) in [5.74, 6) is -0.138. The predicted octanol–water partition coefficient (Wildman–Crippen LogP) is 14.4. The van der Waals surface area contributed by atoms with Crippen LogP contribution in [0.2, 0.25) is 0 Å². The Morgan fingerprint density at radius 2 is 0.836 bits per heavy atom. The first-order valence-corrected chi connectivity index (χ1v) is 29.4. The molecule has 9 heteroatoms. The molecule has 0 aromatic heterocycles. The van der Waals surface area contributed by atoms with Crippen molar-refractivity contribution in [1.29, 1.82) is 0 Å². The van der Waals surface area contributed by atoms with Crippen molar-refractivity contribution in [2.75, 3.05) is 13.2 Å². The molecular weight excluding hydrogens is 839 g/mol. The SMILES string of the molecule is CCCCCCCCCC/C=C\CCCCCCCCCCCCCCCCCC(=O)NC(COC1OC(CO)C(O)C(O)C1O)C(O)CCCCCCCCCCCCCCCCCCC. The number of hydrogen-bond acceptors (Lipinski definition) is 8. The van der Waals surface area contributed by atoms with Crippen LogP contribution in [0.1, 0.15) is 296 Å². The first-order valence-electron chi connectivity index (χ1n) is 29.4. The lowest BCUT2D eigenvalue weighted by Gasteiger charge is -2.40. The number of allylic oxidation sites excluding steroid dienone is 2. The Labute approximate surface area is 414 Å². The molecule has 7 atom stereocenters. The van der Waals surface area contributed by atoms with Crippen molar-refractivity contribution >= 4 is 5.91 Å². The molecule has 1 saturated heterocycles. The fourth-order valence-electron chi connectivity index (χ4n) is 9.69. The maximum absolute atomic E-state index is 13.1. The Balaban J connectivity index is 2.16. The summed E-state index contributed by atoms with van der Waals surface area (Å²) in [6.45, 7) is 3.88. The molecule has 0 spiro atoms. The summed E-state index contributed by atoms with van der Waals surface area (Å²) in [5.41, 5.74) is 0. The van der Waals surface area contributed by atoms with Gasteiger partial charge in [-0.15, -0.1) is 0 Å². The normalized spacial score (nSPS) is 19.7. The number of amides is 1. The summed E-state index contributed by atoms with van der Waals surface area (Å²) in [5, 5.41) is 54.7. The molecule has 1 aliphatic heterocycles. The Morgan fingerprint density at radius 3 is 1.21 bits per heavy atom. The number of carbonyl (C=O) groups excluding carboxylic acids is 1. The summed E-state index contributed by atoms with van der Waals surface area (Å²) < 4.78 is 11.3. The van der Waals surface area contributed by atoms with Crippen LogP contribution in [0.4, 0.5) is 0 Å². The summed E-state index contributed by atoms with van der Waals surface area (Å²) in [6, 6.07) is -0.715. The molecule has 0 aromatic rings. The van der Waals surface area contributed by atoms with Crippen molar-refractivity contribution in [2.24, 2.45) is 0 Å². The van der Waals surface area contributed by atoms with Gasteiger partial charge in [0, 0.05) is 6.42 Å². The lowest BCUT2D eigenvalue weighted by Crippen LogP contribution is -2.60. The second-order valence-electron chi connectivity index (χ2n) is 20.8. The standard InChI is InChI=1S/C58H113NO8/c1-3-5-7-9-11-13-15-17-19-21-22-23-24-25-26-27-28-29-30-32-34-36-38-40-42-44-46-48-54(62)59-51(50-66-58-57(65)56(64)55(63)53(49-60)67-58)52(61)47-45-43-41-39-37-35-33-31-20-18-16-14-12-10-8-6-4-2/h21-22,51-53,55-58,60-61,63-65H,3-20,23-50H2,1-2H3,(H,59,62)/b22-21-. The third kappa shape index (κ3) is 38.3. The highest BCUT2D eigenvalue weighted by atomic mass is 16.7. The minimum atomic E-state index is -1.55. The highest BCUT2D eigenvalue weighted by Crippen LogP contribution is 2.23. The smallest absolute Gasteiger partial charge is 0.220 e. The second kappa shape index (κ2) is 48.6. The molecule has 6 N–H and O–H groups in total. The molecule has 0 radical (unpaired) electrons. The number of hydrogen-bond donors (Lipinski definition) is 6. The van der Waals surface area contributed by atoms with Gasteiger partial charge in [0.15, 0.2) is 6.29 Å². The van der Waals surface area contributed by atoms with E-state index in [0.29, 0.717) is 12.8 Å². The molecule has 1 heterocycles. The molecule has 7 unspecified atom stereocenters. The third-order valence-electron chi connectivity index (χ3n) is 14.4. The zero-order valence-corrected chi connectivity index (χ0v) is 44.2. The molecule has 9 nitrogen and oxygen atoms in total. The topological polar surface area (TPSA) is 149 Å². The third-order valence-corrected chi connectivity index (χ3v) is 14.4. The van der Waals surface area contributed by atoms with E-state index in [2.05, 4.69) is 31.3 Å². The first kappa shape index (κ1) is 63.9. The lowest BCUT2D eigenvalue weighted by atomic mass is 9.99. The average molecular weight is 953 g/mol. The van der Waals surface area contributed by atoms with Crippen molar-refractivity contribution < 1.29 is 39.8 Å². The number of aliphatic hydroxyl groups excluding tert-OH is 5. The van der Waals surface area contributed by atoms with E-state index in [9.17, 15) is 30.3 Å². The van der Waals surface area contributed by atoms with Crippen molar-refractivity contribution in [2.45, 2.75) is 339 Å². The van der Waals surface area contributed by atoms with E-state index in [4.69, 9.17) is 9.47 Å². The van der Waals surface area contributed by atoms with Gasteiger partial charge in [0.25, 0.3) is 0 Å². The first-order chi connectivity index (χ1) is 32.8. The Kier molecular flexibility index (Phi) is 46.3. The van der Waals surface area contributed by atoms with E-state index < -0.39 is 49.5 Å². The summed E-state index contributed by atoms with van der Waals surface area (Å²) >= 11 is 0. The highest BCUT2D eigenvalue weighted by Gasteiger charge is 2.44. The van der Waals surface area contributed by atoms with Gasteiger partial charge < -0.3 is 40.3 Å². The van der Waals surface area contributed by atoms with Gasteiger partial charge in [0.1, 0.15) is 24.4 Å². The van der Waals surface area contributed by atoms with Crippen LogP contribution in [0, 0.1) is 0 Å². The molecule has 1 fully saturated rings. The van der Waals surface area contributed by atoms with E-state index in [-0.39, 0.29) is 12.5 Å². The van der Waals surface area contributed by atoms with Crippen LogP contribution < -0.4 is 5.32 Å². The molecule has 0 saturated carbocycles. The minimum Gasteiger partial charge on any atom is -0.394 e. The second-order valence-corrected chi connectivity index (χ2v) is 20.8. The Hall–Kier alpha value is -1.07. The average Bonchev–Trinajstić information content (AvgIpc) is 3.33. The van der Waals surface area contributed by atoms with Crippen LogP contribution >= 0.6 is 0 Å². The molecule has 1 amide bonds. The molecule has 1 aliphatic rings. The lowest BCUT2D eigenvalue weighted by molar-refractivity contribution is -0.302. The molecule has 0 bridgehead atoms. The number of unbranched alkanes of at least 4 members (excludes halogenated alkanes) is 39. The fraction of sp³-hybridized carbons (Fsp3) is 0.948. The number of nitrogens with one attached hydrogen (secondary N) is 1. The van der Waals surface area contributed by atoms with Gasteiger partial charge in [-0.05, 0) is 38.5 Å². The van der Waals surface area contributed by atoms with Gasteiger partial charge in [-0.3, -0.25) is 4.79 Å². The van der Waals surface area contributed by atoms with Crippen molar-refractivity contribution in [3.63, 3.8) is 0 Å². The van der Waals surface area contributed by atoms with E-state index in [1.54, 1.807) is 0 Å². The Morgan fingerprint density at radius 1 is 0.493 bits per heavy atom. The quantitative estimate of drug-likeness (QED) is 0.0261. The summed E-state index contributed by atoms with van der Waals surface area (Å²) in [7, 11) is 0. The fourth-order valence-corrected chi connectivity index (χ4v) is 9.69. The van der Waals surface area contributed by atoms with Crippen LogP contribution in [-0.2, 0) is 14.3 Å². The van der Waals surface area contributed by atoms with Gasteiger partial charge in [-0.25, -0.2) is 0 Å². The van der Waals surface area contributed by atoms with E-state index in [1.807, 2.05) is 0 Å². The van der Waals surface area contributed by atoms with E-state index in [0.717, 1.165) is 38.5 Å². The van der Waals surface area contributed by atoms with Crippen LogP contribution in [0.3, 0.4) is 0 Å². The van der Waals surface area contributed by atoms with Crippen LogP contribution in [0.5, 0.6) is 0 Å². The number of ether oxygens (including phenoxy) is 2. The molecule has 67 heavy (non-hydrogen) atoms. The molecule has 398 valence electrons. The largest absolute Gasteiger partial charge is 0.394 e. The number of carbonyl (C=O) groups is 1. The van der Waals surface area contributed by atoms with Crippen LogP contribution in [0.15, 0.2) is 12.2 Å². The van der Waals surface area contributed by atoms with Crippen molar-refractivity contribution in [1.82, 2.24) is 5.32 Å². The van der Waals surface area contributed by atoms with Gasteiger partial charge in [-0.1, -0.05) is 264 Å². The highest BCUT2D eigenvalue weighted by molar-refractivity contribution is 5.76. The van der Waals surface area contributed by atoms with Gasteiger partial charge in [0.2, 0.25) is 5.91 Å². The molecular formula is C58H113NO8. The van der Waals surface area contributed by atoms with Crippen molar-refractivity contribution in [3.8, 4) is 0 Å². The van der Waals surface area contributed by atoms with Crippen molar-refractivity contribution in [3.05, 3.63) is 12.2 Å². The minimum absolute atomic E-state index is 0.133.